The first-order valence-electron chi connectivity index (χ1n) is 9.00. The number of amides is 1. The number of anilines is 1. The Labute approximate surface area is 154 Å². The highest BCUT2D eigenvalue weighted by atomic mass is 16.5. The van der Waals surface area contributed by atoms with Crippen LogP contribution in [0.1, 0.15) is 6.42 Å². The summed E-state index contributed by atoms with van der Waals surface area (Å²) in [6, 6.07) is 11.2. The van der Waals surface area contributed by atoms with Gasteiger partial charge in [-0.2, -0.15) is 0 Å². The van der Waals surface area contributed by atoms with Crippen molar-refractivity contribution in [3.63, 3.8) is 0 Å². The van der Waals surface area contributed by atoms with E-state index in [9.17, 15) is 4.79 Å². The predicted molar refractivity (Wildman–Crippen MR) is 100 cm³/mol. The third kappa shape index (κ3) is 5.70. The highest BCUT2D eigenvalue weighted by Gasteiger charge is 2.18. The molecule has 1 N–H and O–H groups in total. The maximum absolute atomic E-state index is 11.8. The fraction of sp³-hybridized carbons (Fsp3) is 0.421. The maximum Gasteiger partial charge on any atom is 0.257 e. The quantitative estimate of drug-likeness (QED) is 0.717. The molecule has 0 saturated carbocycles. The second kappa shape index (κ2) is 9.72. The van der Waals surface area contributed by atoms with Crippen LogP contribution < -0.4 is 15.0 Å². The van der Waals surface area contributed by atoms with Crippen molar-refractivity contribution in [1.29, 1.82) is 0 Å². The second-order valence-electron chi connectivity index (χ2n) is 6.18. The third-order valence-electron chi connectivity index (χ3n) is 4.29. The van der Waals surface area contributed by atoms with Crippen molar-refractivity contribution in [2.24, 2.45) is 0 Å². The third-order valence-corrected chi connectivity index (χ3v) is 4.29. The van der Waals surface area contributed by atoms with Gasteiger partial charge in [-0.25, -0.2) is 9.97 Å². The van der Waals surface area contributed by atoms with Gasteiger partial charge in [0, 0.05) is 45.1 Å². The van der Waals surface area contributed by atoms with E-state index in [-0.39, 0.29) is 12.5 Å². The van der Waals surface area contributed by atoms with E-state index in [0.29, 0.717) is 12.3 Å². The van der Waals surface area contributed by atoms with E-state index in [1.165, 1.54) is 0 Å². The normalized spacial score (nSPS) is 14.8. The minimum atomic E-state index is -0.0834. The molecule has 2 aromatic rings. The van der Waals surface area contributed by atoms with Crippen LogP contribution in [0, 0.1) is 0 Å². The van der Waals surface area contributed by atoms with Gasteiger partial charge in [-0.3, -0.25) is 9.69 Å². The monoisotopic (exact) mass is 355 g/mol. The standard InChI is InChI=1S/C19H25N5O2/c25-18(16-26-17-6-2-1-3-7-17)20-10-5-11-23-12-14-24(15-13-23)19-21-8-4-9-22-19/h1-4,6-9H,5,10-16H2,(H,20,25). The summed E-state index contributed by atoms with van der Waals surface area (Å²) < 4.78 is 5.43. The van der Waals surface area contributed by atoms with Crippen molar-refractivity contribution in [2.75, 3.05) is 50.8 Å². The Kier molecular flexibility index (Phi) is 6.78. The molecule has 0 atom stereocenters. The smallest absolute Gasteiger partial charge is 0.257 e. The van der Waals surface area contributed by atoms with E-state index < -0.39 is 0 Å². The fourth-order valence-electron chi connectivity index (χ4n) is 2.87. The van der Waals surface area contributed by atoms with Crippen LogP contribution in [0.2, 0.25) is 0 Å². The molecule has 2 heterocycles. The number of benzene rings is 1. The van der Waals surface area contributed by atoms with Crippen molar-refractivity contribution in [1.82, 2.24) is 20.2 Å². The summed E-state index contributed by atoms with van der Waals surface area (Å²) in [6.45, 7) is 5.54. The molecule has 0 unspecified atom stereocenters. The van der Waals surface area contributed by atoms with Crippen LogP contribution in [0.4, 0.5) is 5.95 Å². The summed E-state index contributed by atoms with van der Waals surface area (Å²) in [7, 11) is 0. The zero-order valence-electron chi connectivity index (χ0n) is 14.9. The van der Waals surface area contributed by atoms with Gasteiger partial charge in [-0.05, 0) is 31.2 Å². The lowest BCUT2D eigenvalue weighted by Crippen LogP contribution is -2.47. The highest BCUT2D eigenvalue weighted by Crippen LogP contribution is 2.10. The number of para-hydroxylation sites is 1. The predicted octanol–water partition coefficient (Wildman–Crippen LogP) is 1.18. The van der Waals surface area contributed by atoms with Crippen LogP contribution in [-0.4, -0.2) is 66.7 Å². The topological polar surface area (TPSA) is 70.6 Å². The molecule has 1 fully saturated rings. The van der Waals surface area contributed by atoms with Crippen LogP contribution in [0.5, 0.6) is 5.75 Å². The molecule has 7 nitrogen and oxygen atoms in total. The molecule has 1 aliphatic rings. The molecule has 0 aliphatic carbocycles. The average molecular weight is 355 g/mol. The van der Waals surface area contributed by atoms with Gasteiger partial charge in [0.2, 0.25) is 5.95 Å². The number of nitrogens with one attached hydrogen (secondary N) is 1. The largest absolute Gasteiger partial charge is 0.484 e. The van der Waals surface area contributed by atoms with Gasteiger partial charge < -0.3 is 15.0 Å². The van der Waals surface area contributed by atoms with Gasteiger partial charge in [0.25, 0.3) is 5.91 Å². The summed E-state index contributed by atoms with van der Waals surface area (Å²) in [5.74, 6) is 1.43. The van der Waals surface area contributed by atoms with Crippen LogP contribution >= 0.6 is 0 Å². The van der Waals surface area contributed by atoms with Gasteiger partial charge in [0.05, 0.1) is 0 Å². The average Bonchev–Trinajstić information content (AvgIpc) is 2.71. The van der Waals surface area contributed by atoms with E-state index in [2.05, 4.69) is 25.1 Å². The van der Waals surface area contributed by atoms with Gasteiger partial charge >= 0.3 is 0 Å². The molecule has 138 valence electrons. The molecule has 1 aromatic carbocycles. The summed E-state index contributed by atoms with van der Waals surface area (Å²) in [5, 5.41) is 2.91. The number of rotatable bonds is 8. The van der Waals surface area contributed by atoms with Gasteiger partial charge in [0.15, 0.2) is 6.61 Å². The van der Waals surface area contributed by atoms with Crippen molar-refractivity contribution in [2.45, 2.75) is 6.42 Å². The lowest BCUT2D eigenvalue weighted by molar-refractivity contribution is -0.123. The second-order valence-corrected chi connectivity index (χ2v) is 6.18. The first kappa shape index (κ1) is 18.1. The van der Waals surface area contributed by atoms with Crippen molar-refractivity contribution < 1.29 is 9.53 Å². The molecule has 1 saturated heterocycles. The van der Waals surface area contributed by atoms with Crippen LogP contribution in [-0.2, 0) is 4.79 Å². The molecule has 3 rings (SSSR count). The molecule has 0 bridgehead atoms. The van der Waals surface area contributed by atoms with E-state index in [1.807, 2.05) is 36.4 Å². The van der Waals surface area contributed by atoms with Gasteiger partial charge in [-0.1, -0.05) is 18.2 Å². The molecular weight excluding hydrogens is 330 g/mol. The Morgan fingerprint density at radius 2 is 1.77 bits per heavy atom. The fourth-order valence-corrected chi connectivity index (χ4v) is 2.87. The first-order chi connectivity index (χ1) is 12.8. The highest BCUT2D eigenvalue weighted by molar-refractivity contribution is 5.77. The number of carbonyl (C=O) groups excluding carboxylic acids is 1. The van der Waals surface area contributed by atoms with E-state index >= 15 is 0 Å². The molecule has 0 spiro atoms. The number of aromatic nitrogens is 2. The minimum Gasteiger partial charge on any atom is -0.484 e. The Morgan fingerprint density at radius 1 is 1.04 bits per heavy atom. The zero-order chi connectivity index (χ0) is 18.0. The molecule has 26 heavy (non-hydrogen) atoms. The number of carbonyl (C=O) groups is 1. The Bertz CT molecular complexity index is 660. The summed E-state index contributed by atoms with van der Waals surface area (Å²) in [4.78, 5) is 25.0. The summed E-state index contributed by atoms with van der Waals surface area (Å²) in [6.07, 6.45) is 4.48. The van der Waals surface area contributed by atoms with E-state index in [0.717, 1.165) is 45.1 Å². The molecule has 1 amide bonds. The van der Waals surface area contributed by atoms with Crippen molar-refractivity contribution in [3.05, 3.63) is 48.8 Å². The molecule has 1 aromatic heterocycles. The molecule has 0 radical (unpaired) electrons. The lowest BCUT2D eigenvalue weighted by Gasteiger charge is -2.34. The van der Waals surface area contributed by atoms with E-state index in [1.54, 1.807) is 12.4 Å². The zero-order valence-corrected chi connectivity index (χ0v) is 14.9. The van der Waals surface area contributed by atoms with E-state index in [4.69, 9.17) is 4.74 Å². The van der Waals surface area contributed by atoms with Gasteiger partial charge in [-0.15, -0.1) is 0 Å². The molecule has 7 heteroatoms. The number of ether oxygens (including phenoxy) is 1. The SMILES string of the molecule is O=C(COc1ccccc1)NCCCN1CCN(c2ncccn2)CC1. The Balaban J connectivity index is 1.26. The van der Waals surface area contributed by atoms with Crippen LogP contribution in [0.3, 0.4) is 0 Å². The molecular formula is C19H25N5O2. The minimum absolute atomic E-state index is 0.0553. The Morgan fingerprint density at radius 3 is 2.50 bits per heavy atom. The summed E-state index contributed by atoms with van der Waals surface area (Å²) in [5.41, 5.74) is 0. The lowest BCUT2D eigenvalue weighted by atomic mass is 10.3. The van der Waals surface area contributed by atoms with Crippen LogP contribution in [0.25, 0.3) is 0 Å². The number of nitrogens with zero attached hydrogens (tertiary/aromatic N) is 4. The molecule has 1 aliphatic heterocycles. The number of piperazine rings is 1. The maximum atomic E-state index is 11.8. The first-order valence-corrected chi connectivity index (χ1v) is 9.00. The van der Waals surface area contributed by atoms with Crippen molar-refractivity contribution >= 4 is 11.9 Å². The Hall–Kier alpha value is -2.67. The summed E-state index contributed by atoms with van der Waals surface area (Å²) >= 11 is 0. The van der Waals surface area contributed by atoms with Crippen molar-refractivity contribution in [3.8, 4) is 5.75 Å². The van der Waals surface area contributed by atoms with Gasteiger partial charge in [0.1, 0.15) is 5.75 Å². The number of hydrogen-bond donors (Lipinski definition) is 1. The van der Waals surface area contributed by atoms with Crippen LogP contribution in [0.15, 0.2) is 48.8 Å². The number of hydrogen-bond acceptors (Lipinski definition) is 6.